The summed E-state index contributed by atoms with van der Waals surface area (Å²) < 4.78 is 5.46. The van der Waals surface area contributed by atoms with E-state index in [4.69, 9.17) is 9.52 Å². The van der Waals surface area contributed by atoms with Crippen LogP contribution in [-0.4, -0.2) is 49.2 Å². The van der Waals surface area contributed by atoms with Crippen molar-refractivity contribution in [3.05, 3.63) is 52.9 Å². The van der Waals surface area contributed by atoms with E-state index in [-0.39, 0.29) is 0 Å². The highest BCUT2D eigenvalue weighted by Crippen LogP contribution is 2.16. The summed E-state index contributed by atoms with van der Waals surface area (Å²) in [6, 6.07) is 11.0. The molecule has 1 aromatic carbocycles. The first-order valence-electron chi connectivity index (χ1n) is 10.3. The lowest BCUT2D eigenvalue weighted by Gasteiger charge is -2.25. The van der Waals surface area contributed by atoms with Crippen LogP contribution < -0.4 is 10.6 Å². The van der Waals surface area contributed by atoms with Crippen LogP contribution in [0.15, 0.2) is 39.8 Å². The number of guanidine groups is 1. The maximum atomic E-state index is 5.46. The van der Waals surface area contributed by atoms with Crippen LogP contribution in [0.25, 0.3) is 0 Å². The molecular formula is C22H35N5O. The van der Waals surface area contributed by atoms with Gasteiger partial charge in [0, 0.05) is 31.1 Å². The molecule has 154 valence electrons. The van der Waals surface area contributed by atoms with Gasteiger partial charge in [-0.2, -0.15) is 0 Å². The average molecular weight is 386 g/mol. The van der Waals surface area contributed by atoms with Crippen LogP contribution in [0.2, 0.25) is 0 Å². The van der Waals surface area contributed by atoms with Gasteiger partial charge in [-0.3, -0.25) is 0 Å². The zero-order valence-electron chi connectivity index (χ0n) is 18.0. The second kappa shape index (κ2) is 11.5. The normalized spacial score (nSPS) is 13.0. The van der Waals surface area contributed by atoms with Crippen LogP contribution in [0.5, 0.6) is 0 Å². The predicted octanol–water partition coefficient (Wildman–Crippen LogP) is 3.03. The molecule has 1 heterocycles. The number of nitrogens with zero attached hydrogens (tertiary/aromatic N) is 3. The van der Waals surface area contributed by atoms with Gasteiger partial charge in [-0.15, -0.1) is 0 Å². The van der Waals surface area contributed by atoms with Gasteiger partial charge < -0.3 is 20.1 Å². The van der Waals surface area contributed by atoms with E-state index in [1.54, 1.807) is 0 Å². The third-order valence-electron chi connectivity index (χ3n) is 4.90. The molecule has 1 unspecified atom stereocenters. The van der Waals surface area contributed by atoms with Crippen LogP contribution in [-0.2, 0) is 25.8 Å². The van der Waals surface area contributed by atoms with Crippen LogP contribution >= 0.6 is 0 Å². The lowest BCUT2D eigenvalue weighted by atomic mass is 10.1. The largest absolute Gasteiger partial charge is 0.361 e. The molecule has 2 rings (SSSR count). The van der Waals surface area contributed by atoms with Crippen LogP contribution in [0, 0.1) is 0 Å². The minimum absolute atomic E-state index is 0.374. The third-order valence-corrected chi connectivity index (χ3v) is 4.90. The van der Waals surface area contributed by atoms with E-state index in [9.17, 15) is 0 Å². The highest BCUT2D eigenvalue weighted by atomic mass is 16.5. The number of aliphatic imine (C=N–C) groups is 1. The van der Waals surface area contributed by atoms with Crippen molar-refractivity contribution in [1.82, 2.24) is 20.7 Å². The molecule has 6 nitrogen and oxygen atoms in total. The van der Waals surface area contributed by atoms with Crippen molar-refractivity contribution >= 4 is 5.96 Å². The van der Waals surface area contributed by atoms with E-state index in [1.165, 1.54) is 5.56 Å². The molecule has 0 spiro atoms. The maximum absolute atomic E-state index is 5.46. The van der Waals surface area contributed by atoms with Gasteiger partial charge in [-0.25, -0.2) is 4.99 Å². The molecule has 0 bridgehead atoms. The van der Waals surface area contributed by atoms with Gasteiger partial charge in [0.05, 0.1) is 12.2 Å². The van der Waals surface area contributed by atoms with Gasteiger partial charge in [0.15, 0.2) is 5.96 Å². The van der Waals surface area contributed by atoms with Crippen molar-refractivity contribution in [1.29, 1.82) is 0 Å². The monoisotopic (exact) mass is 385 g/mol. The fraction of sp³-hybridized carbons (Fsp3) is 0.545. The minimum Gasteiger partial charge on any atom is -0.361 e. The fourth-order valence-corrected chi connectivity index (χ4v) is 3.15. The summed E-state index contributed by atoms with van der Waals surface area (Å²) in [6.45, 7) is 8.48. The zero-order chi connectivity index (χ0) is 20.4. The van der Waals surface area contributed by atoms with Gasteiger partial charge >= 0.3 is 0 Å². The maximum Gasteiger partial charge on any atom is 0.191 e. The Bertz CT molecular complexity index is 702. The van der Waals surface area contributed by atoms with E-state index in [2.05, 4.69) is 85.9 Å². The highest BCUT2D eigenvalue weighted by molar-refractivity contribution is 5.79. The molecule has 28 heavy (non-hydrogen) atoms. The molecule has 2 aromatic rings. The lowest BCUT2D eigenvalue weighted by Crippen LogP contribution is -2.46. The second-order valence-corrected chi connectivity index (χ2v) is 7.12. The molecule has 0 saturated carbocycles. The van der Waals surface area contributed by atoms with E-state index >= 15 is 0 Å². The van der Waals surface area contributed by atoms with Crippen LogP contribution in [0.1, 0.15) is 43.4 Å². The molecule has 0 radical (unpaired) electrons. The second-order valence-electron chi connectivity index (χ2n) is 7.12. The van der Waals surface area contributed by atoms with E-state index in [0.29, 0.717) is 12.6 Å². The zero-order valence-corrected chi connectivity index (χ0v) is 18.0. The number of likely N-dealkylation sites (N-methyl/N-ethyl adjacent to an activating group) is 1. The Labute approximate surface area is 169 Å². The van der Waals surface area contributed by atoms with Crippen LogP contribution in [0.4, 0.5) is 0 Å². The van der Waals surface area contributed by atoms with E-state index < -0.39 is 0 Å². The summed E-state index contributed by atoms with van der Waals surface area (Å²) in [5.74, 6) is 1.76. The standard InChI is InChI=1S/C22H35N5O/c1-6-20-19(21(7-2)28-26-20)16-25-22(23-8-3)24-15-18(27(4)5)14-17-12-10-9-11-13-17/h9-13,18H,6-8,14-16H2,1-5H3,(H2,23,24,25). The van der Waals surface area contributed by atoms with Crippen molar-refractivity contribution in [3.63, 3.8) is 0 Å². The molecule has 0 aliphatic rings. The molecule has 0 amide bonds. The molecule has 0 aliphatic heterocycles. The molecule has 2 N–H and O–H groups in total. The summed E-state index contributed by atoms with van der Waals surface area (Å²) in [4.78, 5) is 7.05. The first-order valence-corrected chi connectivity index (χ1v) is 10.3. The number of rotatable bonds is 10. The van der Waals surface area contributed by atoms with E-state index in [1.807, 2.05) is 0 Å². The quantitative estimate of drug-likeness (QED) is 0.486. The smallest absolute Gasteiger partial charge is 0.191 e. The van der Waals surface area contributed by atoms with E-state index in [0.717, 1.165) is 55.3 Å². The predicted molar refractivity (Wildman–Crippen MR) is 116 cm³/mol. The summed E-state index contributed by atoms with van der Waals surface area (Å²) >= 11 is 0. The Morgan fingerprint density at radius 1 is 1.11 bits per heavy atom. The molecule has 0 aliphatic carbocycles. The topological polar surface area (TPSA) is 65.7 Å². The van der Waals surface area contributed by atoms with Crippen molar-refractivity contribution in [3.8, 4) is 0 Å². The summed E-state index contributed by atoms with van der Waals surface area (Å²) in [6.07, 6.45) is 2.69. The first kappa shape index (κ1) is 22.0. The van der Waals surface area contributed by atoms with Crippen molar-refractivity contribution in [2.24, 2.45) is 4.99 Å². The fourth-order valence-electron chi connectivity index (χ4n) is 3.15. The van der Waals surface area contributed by atoms with Crippen molar-refractivity contribution in [2.45, 2.75) is 52.6 Å². The number of nitrogens with one attached hydrogen (secondary N) is 2. The number of benzene rings is 1. The number of hydrogen-bond acceptors (Lipinski definition) is 4. The SMILES string of the molecule is CCNC(=NCc1c(CC)noc1CC)NCC(Cc1ccccc1)N(C)C. The van der Waals surface area contributed by atoms with Gasteiger partial charge in [-0.1, -0.05) is 49.3 Å². The average Bonchev–Trinajstić information content (AvgIpc) is 3.11. The minimum atomic E-state index is 0.374. The van der Waals surface area contributed by atoms with Crippen LogP contribution in [0.3, 0.4) is 0 Å². The molecule has 0 fully saturated rings. The number of hydrogen-bond donors (Lipinski definition) is 2. The third kappa shape index (κ3) is 6.37. The van der Waals surface area contributed by atoms with Gasteiger partial charge in [0.25, 0.3) is 0 Å². The van der Waals surface area contributed by atoms with Gasteiger partial charge in [0.1, 0.15) is 5.76 Å². The lowest BCUT2D eigenvalue weighted by molar-refractivity contribution is 0.290. The number of aryl methyl sites for hydroxylation is 2. The number of aromatic nitrogens is 1. The first-order chi connectivity index (χ1) is 13.6. The Morgan fingerprint density at radius 2 is 1.86 bits per heavy atom. The molecular weight excluding hydrogens is 350 g/mol. The Hall–Kier alpha value is -2.34. The molecule has 6 heteroatoms. The van der Waals surface area contributed by atoms with Crippen molar-refractivity contribution < 1.29 is 4.52 Å². The Balaban J connectivity index is 2.04. The Kier molecular flexibility index (Phi) is 9.01. The summed E-state index contributed by atoms with van der Waals surface area (Å²) in [5, 5.41) is 11.0. The van der Waals surface area contributed by atoms with Crippen molar-refractivity contribution in [2.75, 3.05) is 27.2 Å². The van der Waals surface area contributed by atoms with Gasteiger partial charge in [0.2, 0.25) is 0 Å². The molecule has 1 atom stereocenters. The Morgan fingerprint density at radius 3 is 2.46 bits per heavy atom. The molecule has 1 aromatic heterocycles. The summed E-state index contributed by atoms with van der Waals surface area (Å²) in [7, 11) is 4.25. The highest BCUT2D eigenvalue weighted by Gasteiger charge is 2.15. The molecule has 0 saturated heterocycles. The van der Waals surface area contributed by atoms with Gasteiger partial charge in [-0.05, 0) is 39.4 Å². The summed E-state index contributed by atoms with van der Waals surface area (Å²) in [5.41, 5.74) is 3.47.